The molecule has 0 amide bonds. The summed E-state index contributed by atoms with van der Waals surface area (Å²) in [7, 11) is 2.13. The second-order valence-electron chi connectivity index (χ2n) is 23.7. The van der Waals surface area contributed by atoms with Crippen molar-refractivity contribution in [2.45, 2.75) is 175 Å². The molecule has 14 nitrogen and oxygen atoms in total. The molecule has 16 heteroatoms. The Morgan fingerprint density at radius 1 is 0.514 bits per heavy atom. The maximum absolute atomic E-state index is 7.30. The Morgan fingerprint density at radius 3 is 1.18 bits per heavy atom. The van der Waals surface area contributed by atoms with Crippen LogP contribution in [-0.4, -0.2) is 77.6 Å². The van der Waals surface area contributed by atoms with Crippen LogP contribution in [0.1, 0.15) is 133 Å². The minimum absolute atomic E-state index is 0.0625. The van der Waals surface area contributed by atoms with Gasteiger partial charge in [-0.3, -0.25) is 9.05 Å². The van der Waals surface area contributed by atoms with Crippen molar-refractivity contribution in [1.29, 1.82) is 0 Å². The van der Waals surface area contributed by atoms with Crippen LogP contribution in [0.15, 0.2) is 65.3 Å². The molecule has 2 aliphatic rings. The third-order valence-electron chi connectivity index (χ3n) is 13.1. The summed E-state index contributed by atoms with van der Waals surface area (Å²) in [6.45, 7) is 33.4. The van der Waals surface area contributed by atoms with E-state index in [1.807, 2.05) is 76.2 Å². The summed E-state index contributed by atoms with van der Waals surface area (Å²) in [4.78, 5) is 0. The van der Waals surface area contributed by atoms with E-state index in [1.165, 1.54) is 0 Å². The highest BCUT2D eigenvalue weighted by molar-refractivity contribution is 7.32. The first kappa shape index (κ1) is 53.9. The summed E-state index contributed by atoms with van der Waals surface area (Å²) in [6.07, 6.45) is -4.45. The highest BCUT2D eigenvalue weighted by Gasteiger charge is 2.59. The van der Waals surface area contributed by atoms with Crippen molar-refractivity contribution in [1.82, 2.24) is 0 Å². The molecule has 0 saturated carbocycles. The Kier molecular flexibility index (Phi) is 14.8. The molecule has 1 unspecified atom stereocenters. The molecule has 0 bridgehead atoms. The number of hydrogen-bond donors (Lipinski definition) is 0. The zero-order chi connectivity index (χ0) is 52.6. The third kappa shape index (κ3) is 10.9. The van der Waals surface area contributed by atoms with Crippen LogP contribution in [0.4, 0.5) is 0 Å². The lowest BCUT2D eigenvalue weighted by Gasteiger charge is -2.29. The lowest BCUT2D eigenvalue weighted by molar-refractivity contribution is -0.221. The van der Waals surface area contributed by atoms with Gasteiger partial charge < -0.3 is 54.7 Å². The second-order valence-corrected chi connectivity index (χ2v) is 25.7. The molecule has 2 saturated heterocycles. The minimum atomic E-state index is -2.28. The molecule has 0 spiro atoms. The van der Waals surface area contributed by atoms with E-state index >= 15 is 0 Å². The van der Waals surface area contributed by atoms with E-state index in [0.717, 1.165) is 43.8 Å². The third-order valence-corrected chi connectivity index (χ3v) is 15.3. The summed E-state index contributed by atoms with van der Waals surface area (Å²) in [5.74, 6) is 1.70. The van der Waals surface area contributed by atoms with Crippen molar-refractivity contribution in [3.63, 3.8) is 0 Å². The Hall–Kier alpha value is -4.36. The Labute approximate surface area is 426 Å². The first-order valence-corrected chi connectivity index (χ1v) is 26.9. The number of fused-ring (bicyclic) bond motifs is 7. The number of hydrogen-bond acceptors (Lipinski definition) is 14. The second kappa shape index (κ2) is 19.7. The molecule has 6 aromatic rings. The first-order valence-electron chi connectivity index (χ1n) is 24.7. The van der Waals surface area contributed by atoms with Crippen molar-refractivity contribution < 1.29 is 63.7 Å². The quantitative estimate of drug-likeness (QED) is 0.115. The average molecular weight is 1040 g/mol. The zero-order valence-corrected chi connectivity index (χ0v) is 47.7. The van der Waals surface area contributed by atoms with Crippen molar-refractivity contribution in [2.24, 2.45) is 0 Å². The SMILES string of the molecule is COc1cc(C(C)(C)C)c2op(OC(COC(C)C)[C@H]3O[C@@H]4OC(C)(C)O[C@@H]4[C@H]3Op3oc4c(C(C)(C)C)cc(OC)cc4c4cc(OC)cc(C(C)(C)C)c4o3)oc3c(C(C)(C)C)cc(OC)cc3c2c1. The van der Waals surface area contributed by atoms with Gasteiger partial charge in [-0.05, 0) is 97.9 Å². The normalized spacial score (nSPS) is 19.9. The zero-order valence-electron chi connectivity index (χ0n) is 45.9. The standard InChI is InChI=1S/C56H76O14P2/c1-30(2)61-29-43(65-71-66-44-35(21-31(57-17)25-39(44)52(3,4)5)36-22-32(58-18)26-40(45(36)67-71)53(6,7)8)48-49(50-51(62-48)64-56(15,16)63-50)70-72-68-46-37(23-33(59-19)27-41(46)54(9,10)11)38-24-34(60-20)28-42(47(38)69-72)55(12,13)14/h21-28,30,43,48-51H,29H2,1-20H3/t43?,48-,49+,50-,51-/m1/s1. The van der Waals surface area contributed by atoms with E-state index in [2.05, 4.69) is 83.1 Å². The maximum Gasteiger partial charge on any atom is 0.387 e. The van der Waals surface area contributed by atoms with Gasteiger partial charge in [0.25, 0.3) is 0 Å². The van der Waals surface area contributed by atoms with Gasteiger partial charge in [0.2, 0.25) is 0 Å². The maximum atomic E-state index is 7.30. The monoisotopic (exact) mass is 1030 g/mol. The molecule has 4 aromatic carbocycles. The molecule has 0 N–H and O–H groups in total. The Balaban J connectivity index is 1.39. The molecule has 5 atom stereocenters. The summed E-state index contributed by atoms with van der Waals surface area (Å²) >= 11 is 0. The van der Waals surface area contributed by atoms with E-state index in [-0.39, 0.29) is 12.7 Å². The molecule has 394 valence electrons. The fourth-order valence-electron chi connectivity index (χ4n) is 9.33. The summed E-state index contributed by atoms with van der Waals surface area (Å²) in [5.41, 5.74) is 4.46. The van der Waals surface area contributed by atoms with Gasteiger partial charge in [0.05, 0.1) is 41.2 Å². The molecule has 8 rings (SSSR count). The van der Waals surface area contributed by atoms with Crippen LogP contribution in [0.2, 0.25) is 0 Å². The van der Waals surface area contributed by atoms with Crippen molar-refractivity contribution in [3.05, 3.63) is 70.8 Å². The van der Waals surface area contributed by atoms with Gasteiger partial charge in [-0.1, -0.05) is 83.1 Å². The van der Waals surface area contributed by atoms with E-state index in [9.17, 15) is 0 Å². The molecule has 0 aliphatic carbocycles. The highest BCUT2D eigenvalue weighted by Crippen LogP contribution is 2.50. The molecule has 2 aromatic heterocycles. The smallest absolute Gasteiger partial charge is 0.387 e. The summed E-state index contributed by atoms with van der Waals surface area (Å²) in [6, 6.07) is 16.0. The van der Waals surface area contributed by atoms with Crippen LogP contribution in [0.5, 0.6) is 23.0 Å². The fourth-order valence-corrected chi connectivity index (χ4v) is 11.8. The van der Waals surface area contributed by atoms with Crippen LogP contribution in [-0.2, 0) is 40.6 Å². The van der Waals surface area contributed by atoms with Crippen LogP contribution >= 0.6 is 16.5 Å². The summed E-state index contributed by atoms with van der Waals surface area (Å²) in [5, 5.41) is 3.13. The largest absolute Gasteiger partial charge is 0.497 e. The van der Waals surface area contributed by atoms with E-state index < -0.39 is 74.6 Å². The average Bonchev–Trinajstić information content (AvgIpc) is 3.63. The molecule has 2 fully saturated rings. The van der Waals surface area contributed by atoms with E-state index in [4.69, 9.17) is 63.7 Å². The fraction of sp³-hybridized carbons (Fsp3) is 0.571. The predicted octanol–water partition coefficient (Wildman–Crippen LogP) is 14.7. The summed E-state index contributed by atoms with van der Waals surface area (Å²) < 4.78 is 93.3. The Bertz CT molecular complexity index is 2880. The lowest BCUT2D eigenvalue weighted by Crippen LogP contribution is -2.48. The van der Waals surface area contributed by atoms with Gasteiger partial charge in [-0.2, -0.15) is 0 Å². The molecular formula is C56H76O14P2. The lowest BCUT2D eigenvalue weighted by atomic mass is 9.84. The van der Waals surface area contributed by atoms with Gasteiger partial charge in [0.1, 0.15) is 69.7 Å². The Morgan fingerprint density at radius 2 is 0.861 bits per heavy atom. The first-order chi connectivity index (χ1) is 33.5. The number of rotatable bonds is 12. The molecule has 2 aliphatic heterocycles. The number of ether oxygens (including phenoxy) is 8. The van der Waals surface area contributed by atoms with Crippen molar-refractivity contribution in [3.8, 4) is 23.0 Å². The topological polar surface area (TPSA) is 145 Å². The van der Waals surface area contributed by atoms with Gasteiger partial charge in [0, 0.05) is 43.8 Å². The number of benzene rings is 4. The van der Waals surface area contributed by atoms with Crippen LogP contribution < -0.4 is 28.0 Å². The minimum Gasteiger partial charge on any atom is -0.497 e. The van der Waals surface area contributed by atoms with Crippen molar-refractivity contribution >= 4 is 60.4 Å². The highest BCUT2D eigenvalue weighted by atomic mass is 31.1. The molecule has 0 radical (unpaired) electrons. The molecular weight excluding hydrogens is 959 g/mol. The number of methoxy groups -OCH3 is 4. The van der Waals surface area contributed by atoms with Gasteiger partial charge in [-0.25, -0.2) is 0 Å². The predicted molar refractivity (Wildman–Crippen MR) is 284 cm³/mol. The van der Waals surface area contributed by atoms with E-state index in [0.29, 0.717) is 45.3 Å². The molecule has 72 heavy (non-hydrogen) atoms. The van der Waals surface area contributed by atoms with Gasteiger partial charge in [-0.15, -0.1) is 0 Å². The molecule has 4 heterocycles. The van der Waals surface area contributed by atoms with Crippen LogP contribution in [0.3, 0.4) is 0 Å². The van der Waals surface area contributed by atoms with Crippen LogP contribution in [0.25, 0.3) is 43.9 Å². The van der Waals surface area contributed by atoms with E-state index in [1.54, 1.807) is 28.4 Å². The van der Waals surface area contributed by atoms with Crippen LogP contribution in [0, 0.1) is 0 Å². The van der Waals surface area contributed by atoms with Crippen molar-refractivity contribution in [2.75, 3.05) is 35.0 Å². The van der Waals surface area contributed by atoms with Gasteiger partial charge >= 0.3 is 16.5 Å². The van der Waals surface area contributed by atoms with Gasteiger partial charge in [0.15, 0.2) is 12.1 Å².